The first kappa shape index (κ1) is 10.5. The van der Waals surface area contributed by atoms with Crippen LogP contribution in [0.2, 0.25) is 0 Å². The monoisotopic (exact) mass is 118 g/mol. The Morgan fingerprint density at radius 1 is 1.50 bits per heavy atom. The van der Waals surface area contributed by atoms with E-state index in [1.165, 1.54) is 0 Å². The molecular weight excluding hydrogens is 104 g/mol. The summed E-state index contributed by atoms with van der Waals surface area (Å²) in [6.45, 7) is 5.84. The van der Waals surface area contributed by atoms with Gasteiger partial charge in [0.1, 0.15) is 0 Å². The molecule has 0 saturated heterocycles. The lowest BCUT2D eigenvalue weighted by Crippen LogP contribution is -1.90. The lowest BCUT2D eigenvalue weighted by molar-refractivity contribution is -0.137. The summed E-state index contributed by atoms with van der Waals surface area (Å²) in [4.78, 5) is 9.60. The smallest absolute Gasteiger partial charge is 0.303 e. The molecule has 8 heavy (non-hydrogen) atoms. The van der Waals surface area contributed by atoms with Crippen molar-refractivity contribution in [3.05, 3.63) is 0 Å². The zero-order chi connectivity index (χ0) is 6.99. The summed E-state index contributed by atoms with van der Waals surface area (Å²) in [6, 6.07) is 0. The molecule has 0 spiro atoms. The SMILES string of the molecule is CC.CCCC(=O)O. The van der Waals surface area contributed by atoms with Gasteiger partial charge in [0.25, 0.3) is 0 Å². The summed E-state index contributed by atoms with van der Waals surface area (Å²) in [7, 11) is 0. The van der Waals surface area contributed by atoms with Crippen molar-refractivity contribution >= 4 is 5.97 Å². The average molecular weight is 118 g/mol. The molecule has 0 atom stereocenters. The molecule has 0 radical (unpaired) electrons. The van der Waals surface area contributed by atoms with Gasteiger partial charge in [-0.05, 0) is 6.42 Å². The zero-order valence-corrected chi connectivity index (χ0v) is 5.77. The van der Waals surface area contributed by atoms with Crippen LogP contribution in [0.15, 0.2) is 0 Å². The highest BCUT2D eigenvalue weighted by atomic mass is 16.4. The first-order chi connectivity index (χ1) is 3.77. The second-order valence-corrected chi connectivity index (χ2v) is 1.14. The molecule has 2 nitrogen and oxygen atoms in total. The maximum atomic E-state index is 9.60. The van der Waals surface area contributed by atoms with Gasteiger partial charge in [0.2, 0.25) is 0 Å². The van der Waals surface area contributed by atoms with Gasteiger partial charge in [0, 0.05) is 6.42 Å². The summed E-state index contributed by atoms with van der Waals surface area (Å²) >= 11 is 0. The minimum Gasteiger partial charge on any atom is -0.481 e. The third kappa shape index (κ3) is 17.9. The molecule has 50 valence electrons. The molecule has 0 aliphatic carbocycles. The number of carboxylic acids is 1. The van der Waals surface area contributed by atoms with E-state index >= 15 is 0 Å². The van der Waals surface area contributed by atoms with Gasteiger partial charge in [-0.3, -0.25) is 4.79 Å². The number of hydrogen-bond acceptors (Lipinski definition) is 1. The summed E-state index contributed by atoms with van der Waals surface area (Å²) in [5.41, 5.74) is 0. The Morgan fingerprint density at radius 2 is 1.88 bits per heavy atom. The van der Waals surface area contributed by atoms with Crippen LogP contribution in [-0.2, 0) is 4.79 Å². The van der Waals surface area contributed by atoms with E-state index in [1.807, 2.05) is 20.8 Å². The topological polar surface area (TPSA) is 37.3 Å². The van der Waals surface area contributed by atoms with Gasteiger partial charge in [-0.15, -0.1) is 0 Å². The van der Waals surface area contributed by atoms with Crippen LogP contribution < -0.4 is 0 Å². The van der Waals surface area contributed by atoms with E-state index in [4.69, 9.17) is 5.11 Å². The Labute approximate surface area is 50.5 Å². The largest absolute Gasteiger partial charge is 0.481 e. The van der Waals surface area contributed by atoms with Crippen molar-refractivity contribution in [3.63, 3.8) is 0 Å². The van der Waals surface area contributed by atoms with Crippen molar-refractivity contribution < 1.29 is 9.90 Å². The molecule has 0 unspecified atom stereocenters. The van der Waals surface area contributed by atoms with E-state index < -0.39 is 5.97 Å². The Balaban J connectivity index is 0. The van der Waals surface area contributed by atoms with Gasteiger partial charge in [0.05, 0.1) is 0 Å². The summed E-state index contributed by atoms with van der Waals surface area (Å²) in [5.74, 6) is -0.711. The third-order valence-electron chi connectivity index (χ3n) is 0.464. The molecule has 0 aliphatic heterocycles. The van der Waals surface area contributed by atoms with E-state index in [2.05, 4.69) is 0 Å². The van der Waals surface area contributed by atoms with Crippen LogP contribution >= 0.6 is 0 Å². The predicted molar refractivity (Wildman–Crippen MR) is 33.9 cm³/mol. The van der Waals surface area contributed by atoms with E-state index in [0.717, 1.165) is 6.42 Å². The highest BCUT2D eigenvalue weighted by molar-refractivity contribution is 5.66. The molecule has 0 amide bonds. The molecule has 0 aliphatic rings. The molecule has 0 aromatic rings. The van der Waals surface area contributed by atoms with Gasteiger partial charge < -0.3 is 5.11 Å². The summed E-state index contributed by atoms with van der Waals surface area (Å²) in [6.07, 6.45) is 1.02. The number of rotatable bonds is 2. The molecule has 0 bridgehead atoms. The average Bonchev–Trinajstić information content (AvgIpc) is 1.72. The van der Waals surface area contributed by atoms with E-state index in [0.29, 0.717) is 6.42 Å². The maximum Gasteiger partial charge on any atom is 0.303 e. The van der Waals surface area contributed by atoms with Gasteiger partial charge in [-0.2, -0.15) is 0 Å². The lowest BCUT2D eigenvalue weighted by atomic mass is 10.4. The standard InChI is InChI=1S/C4H8O2.C2H6/c1-2-3-4(5)6;1-2/h2-3H2,1H3,(H,5,6);1-2H3. The highest BCUT2D eigenvalue weighted by Crippen LogP contribution is 1.82. The van der Waals surface area contributed by atoms with Crippen molar-refractivity contribution in [2.45, 2.75) is 33.6 Å². The number of aliphatic carboxylic acids is 1. The molecule has 0 heterocycles. The van der Waals surface area contributed by atoms with Crippen LogP contribution in [0.5, 0.6) is 0 Å². The first-order valence-electron chi connectivity index (χ1n) is 2.99. The third-order valence-corrected chi connectivity index (χ3v) is 0.464. The van der Waals surface area contributed by atoms with Crippen molar-refractivity contribution in [3.8, 4) is 0 Å². The Kier molecular flexibility index (Phi) is 12.7. The van der Waals surface area contributed by atoms with Gasteiger partial charge in [-0.25, -0.2) is 0 Å². The minimum atomic E-state index is -0.711. The van der Waals surface area contributed by atoms with Crippen LogP contribution in [0.25, 0.3) is 0 Å². The van der Waals surface area contributed by atoms with Crippen LogP contribution in [0, 0.1) is 0 Å². The maximum absolute atomic E-state index is 9.60. The van der Waals surface area contributed by atoms with Gasteiger partial charge >= 0.3 is 5.97 Å². The van der Waals surface area contributed by atoms with Crippen LogP contribution in [-0.4, -0.2) is 11.1 Å². The van der Waals surface area contributed by atoms with Crippen LogP contribution in [0.4, 0.5) is 0 Å². The molecule has 0 saturated carbocycles. The van der Waals surface area contributed by atoms with Crippen LogP contribution in [0.3, 0.4) is 0 Å². The molecule has 0 rings (SSSR count). The molecule has 2 heteroatoms. The Morgan fingerprint density at radius 3 is 1.88 bits per heavy atom. The Bertz CT molecular complexity index is 50.5. The summed E-state index contributed by atoms with van der Waals surface area (Å²) < 4.78 is 0. The van der Waals surface area contributed by atoms with E-state index in [-0.39, 0.29) is 0 Å². The van der Waals surface area contributed by atoms with E-state index in [9.17, 15) is 4.79 Å². The quantitative estimate of drug-likeness (QED) is 0.601. The number of hydrogen-bond donors (Lipinski definition) is 1. The normalized spacial score (nSPS) is 6.88. The molecule has 0 fully saturated rings. The molecule has 1 N–H and O–H groups in total. The van der Waals surface area contributed by atoms with Crippen LogP contribution in [0.1, 0.15) is 33.6 Å². The molecule has 0 aromatic heterocycles. The van der Waals surface area contributed by atoms with Crippen molar-refractivity contribution in [1.29, 1.82) is 0 Å². The van der Waals surface area contributed by atoms with E-state index in [1.54, 1.807) is 0 Å². The number of carbonyl (C=O) groups is 1. The fourth-order valence-electron chi connectivity index (χ4n) is 0.214. The second kappa shape index (κ2) is 9.69. The predicted octanol–water partition coefficient (Wildman–Crippen LogP) is 1.90. The fourth-order valence-corrected chi connectivity index (χ4v) is 0.214. The summed E-state index contributed by atoms with van der Waals surface area (Å²) in [5, 5.41) is 7.91. The first-order valence-corrected chi connectivity index (χ1v) is 2.99. The van der Waals surface area contributed by atoms with Crippen molar-refractivity contribution in [1.82, 2.24) is 0 Å². The van der Waals surface area contributed by atoms with Gasteiger partial charge in [-0.1, -0.05) is 20.8 Å². The fraction of sp³-hybridized carbons (Fsp3) is 0.833. The molecule has 0 aromatic carbocycles. The van der Waals surface area contributed by atoms with Crippen molar-refractivity contribution in [2.75, 3.05) is 0 Å². The molecular formula is C6H14O2. The minimum absolute atomic E-state index is 0.292. The second-order valence-electron chi connectivity index (χ2n) is 1.14. The lowest BCUT2D eigenvalue weighted by Gasteiger charge is -1.79. The Hall–Kier alpha value is -0.530. The zero-order valence-electron chi connectivity index (χ0n) is 5.77. The number of carboxylic acid groups (broad SMARTS) is 1. The van der Waals surface area contributed by atoms with Gasteiger partial charge in [0.15, 0.2) is 0 Å². The van der Waals surface area contributed by atoms with Crippen molar-refractivity contribution in [2.24, 2.45) is 0 Å². The highest BCUT2D eigenvalue weighted by Gasteiger charge is 1.87.